The molecule has 0 spiro atoms. The van der Waals surface area contributed by atoms with Crippen molar-refractivity contribution in [3.05, 3.63) is 28.6 Å². The lowest BCUT2D eigenvalue weighted by Crippen LogP contribution is -2.41. The Morgan fingerprint density at radius 2 is 1.91 bits per heavy atom. The second kappa shape index (κ2) is 10.6. The Hall–Kier alpha value is -2.57. The largest absolute Gasteiger partial charge is 0.465 e. The van der Waals surface area contributed by atoms with E-state index in [0.29, 0.717) is 35.2 Å². The first-order valence-corrected chi connectivity index (χ1v) is 13.3. The zero-order valence-corrected chi connectivity index (χ0v) is 20.4. The Kier molecular flexibility index (Phi) is 8.03. The Morgan fingerprint density at radius 1 is 1.18 bits per heavy atom. The molecule has 1 fully saturated rings. The van der Waals surface area contributed by atoms with E-state index in [9.17, 15) is 22.8 Å². The van der Waals surface area contributed by atoms with Crippen molar-refractivity contribution in [2.24, 2.45) is 10.9 Å². The van der Waals surface area contributed by atoms with Crippen LogP contribution in [0.15, 0.2) is 23.2 Å². The van der Waals surface area contributed by atoms with Crippen molar-refractivity contribution in [1.82, 2.24) is 8.87 Å². The van der Waals surface area contributed by atoms with Crippen molar-refractivity contribution in [3.8, 4) is 0 Å². The van der Waals surface area contributed by atoms with Gasteiger partial charge in [-0.3, -0.25) is 9.59 Å². The normalized spacial score (nSPS) is 17.8. The molecule has 0 aliphatic carbocycles. The summed E-state index contributed by atoms with van der Waals surface area (Å²) in [5, 5.41) is 0. The molecule has 1 unspecified atom stereocenters. The molecule has 1 aliphatic heterocycles. The number of rotatable bonds is 7. The van der Waals surface area contributed by atoms with Crippen LogP contribution in [0, 0.1) is 5.92 Å². The minimum absolute atomic E-state index is 0.0803. The average molecular weight is 498 g/mol. The van der Waals surface area contributed by atoms with Crippen LogP contribution in [0.25, 0.3) is 10.2 Å². The van der Waals surface area contributed by atoms with E-state index in [2.05, 4.69) is 4.99 Å². The maximum atomic E-state index is 13.0. The van der Waals surface area contributed by atoms with Crippen molar-refractivity contribution in [2.75, 3.05) is 32.6 Å². The van der Waals surface area contributed by atoms with E-state index in [0.717, 1.165) is 17.6 Å². The fourth-order valence-electron chi connectivity index (χ4n) is 3.62. The predicted octanol–water partition coefficient (Wildman–Crippen LogP) is 1.54. The van der Waals surface area contributed by atoms with E-state index in [1.807, 2.05) is 0 Å². The van der Waals surface area contributed by atoms with Crippen LogP contribution < -0.4 is 4.80 Å². The van der Waals surface area contributed by atoms with Gasteiger partial charge >= 0.3 is 11.9 Å². The standard InChI is InChI=1S/C21H27N3O7S2/c1-4-30-18(25)13-24-16-9-8-14(20(27)31-5-2)11-17(16)32-21(24)22-19(26)15-7-6-10-23(12-15)33(3,28)29/h8-9,11,15H,4-7,10,12-13H2,1-3H3. The van der Waals surface area contributed by atoms with Crippen molar-refractivity contribution in [2.45, 2.75) is 33.2 Å². The third-order valence-electron chi connectivity index (χ3n) is 5.19. The molecule has 1 saturated heterocycles. The molecule has 3 rings (SSSR count). The number of hydrogen-bond acceptors (Lipinski definition) is 8. The molecule has 10 nitrogen and oxygen atoms in total. The number of benzene rings is 1. The maximum Gasteiger partial charge on any atom is 0.338 e. The van der Waals surface area contributed by atoms with E-state index in [1.54, 1.807) is 36.6 Å². The zero-order chi connectivity index (χ0) is 24.2. The van der Waals surface area contributed by atoms with Gasteiger partial charge in [0.2, 0.25) is 10.0 Å². The molecule has 12 heteroatoms. The molecule has 180 valence electrons. The number of amides is 1. The second-order valence-electron chi connectivity index (χ2n) is 7.59. The number of nitrogens with zero attached hydrogens (tertiary/aromatic N) is 3. The van der Waals surface area contributed by atoms with Crippen LogP contribution in [-0.2, 0) is 35.6 Å². The summed E-state index contributed by atoms with van der Waals surface area (Å²) in [5.41, 5.74) is 0.969. The summed E-state index contributed by atoms with van der Waals surface area (Å²) in [7, 11) is -3.40. The number of aromatic nitrogens is 1. The number of carbonyl (C=O) groups excluding carboxylic acids is 3. The molecule has 1 aliphatic rings. The van der Waals surface area contributed by atoms with Gasteiger partial charge in [-0.1, -0.05) is 11.3 Å². The minimum atomic E-state index is -3.40. The summed E-state index contributed by atoms with van der Waals surface area (Å²) in [6.45, 7) is 4.17. The fraction of sp³-hybridized carbons (Fsp3) is 0.524. The molecule has 33 heavy (non-hydrogen) atoms. The summed E-state index contributed by atoms with van der Waals surface area (Å²) in [5.74, 6) is -1.97. The van der Waals surface area contributed by atoms with Gasteiger partial charge in [-0.05, 0) is 44.9 Å². The van der Waals surface area contributed by atoms with Gasteiger partial charge in [0.15, 0.2) is 4.80 Å². The summed E-state index contributed by atoms with van der Waals surface area (Å²) in [4.78, 5) is 41.8. The summed E-state index contributed by atoms with van der Waals surface area (Å²) in [6, 6.07) is 4.90. The number of esters is 2. The van der Waals surface area contributed by atoms with Crippen LogP contribution in [0.5, 0.6) is 0 Å². The summed E-state index contributed by atoms with van der Waals surface area (Å²) < 4.78 is 37.4. The molecule has 0 N–H and O–H groups in total. The molecule has 2 aromatic rings. The average Bonchev–Trinajstić information content (AvgIpc) is 3.09. The van der Waals surface area contributed by atoms with Crippen LogP contribution in [0.1, 0.15) is 37.0 Å². The number of piperidine rings is 1. The number of fused-ring (bicyclic) bond motifs is 1. The van der Waals surface area contributed by atoms with Gasteiger partial charge in [0.25, 0.3) is 5.91 Å². The monoisotopic (exact) mass is 497 g/mol. The highest BCUT2D eigenvalue weighted by Crippen LogP contribution is 2.22. The first-order chi connectivity index (χ1) is 15.6. The topological polar surface area (TPSA) is 124 Å². The minimum Gasteiger partial charge on any atom is -0.465 e. The molecule has 2 heterocycles. The highest BCUT2D eigenvalue weighted by Gasteiger charge is 2.30. The van der Waals surface area contributed by atoms with Crippen molar-refractivity contribution < 1.29 is 32.3 Å². The van der Waals surface area contributed by atoms with Gasteiger partial charge < -0.3 is 14.0 Å². The van der Waals surface area contributed by atoms with E-state index in [1.165, 1.54) is 4.31 Å². The molecule has 1 amide bonds. The van der Waals surface area contributed by atoms with Gasteiger partial charge in [-0.2, -0.15) is 4.99 Å². The first kappa shape index (κ1) is 25.1. The Balaban J connectivity index is 2.01. The quantitative estimate of drug-likeness (QED) is 0.532. The Morgan fingerprint density at radius 3 is 2.58 bits per heavy atom. The highest BCUT2D eigenvalue weighted by molar-refractivity contribution is 7.88. The van der Waals surface area contributed by atoms with E-state index >= 15 is 0 Å². The third-order valence-corrected chi connectivity index (χ3v) is 7.51. The number of ether oxygens (including phenoxy) is 2. The van der Waals surface area contributed by atoms with Gasteiger partial charge in [-0.25, -0.2) is 17.5 Å². The summed E-state index contributed by atoms with van der Waals surface area (Å²) in [6.07, 6.45) is 2.22. The van der Waals surface area contributed by atoms with Gasteiger partial charge in [0, 0.05) is 13.1 Å². The lowest BCUT2D eigenvalue weighted by atomic mass is 9.99. The van der Waals surface area contributed by atoms with Crippen LogP contribution in [0.3, 0.4) is 0 Å². The molecule has 1 aromatic carbocycles. The van der Waals surface area contributed by atoms with Crippen LogP contribution >= 0.6 is 11.3 Å². The third kappa shape index (κ3) is 6.06. The predicted molar refractivity (Wildman–Crippen MR) is 122 cm³/mol. The van der Waals surface area contributed by atoms with Gasteiger partial charge in [0.05, 0.1) is 41.2 Å². The van der Waals surface area contributed by atoms with Crippen molar-refractivity contribution >= 4 is 49.4 Å². The number of thiazole rings is 1. The molecule has 1 aromatic heterocycles. The fourth-order valence-corrected chi connectivity index (χ4v) is 5.60. The lowest BCUT2D eigenvalue weighted by molar-refractivity contribution is -0.143. The van der Waals surface area contributed by atoms with E-state index in [4.69, 9.17) is 9.47 Å². The zero-order valence-electron chi connectivity index (χ0n) is 18.8. The summed E-state index contributed by atoms with van der Waals surface area (Å²) >= 11 is 1.16. The van der Waals surface area contributed by atoms with Crippen molar-refractivity contribution in [3.63, 3.8) is 0 Å². The van der Waals surface area contributed by atoms with Gasteiger partial charge in [0.1, 0.15) is 6.54 Å². The smallest absolute Gasteiger partial charge is 0.338 e. The van der Waals surface area contributed by atoms with E-state index < -0.39 is 33.8 Å². The maximum absolute atomic E-state index is 13.0. The molecule has 0 bridgehead atoms. The number of carbonyl (C=O) groups is 3. The van der Waals surface area contributed by atoms with Crippen LogP contribution in [0.4, 0.5) is 0 Å². The van der Waals surface area contributed by atoms with Crippen LogP contribution in [-0.4, -0.2) is 67.7 Å². The van der Waals surface area contributed by atoms with E-state index in [-0.39, 0.29) is 31.1 Å². The molecule has 0 saturated carbocycles. The SMILES string of the molecule is CCOC(=O)Cn1c(=NC(=O)C2CCCN(S(C)(=O)=O)C2)sc2cc(C(=O)OCC)ccc21. The second-order valence-corrected chi connectivity index (χ2v) is 10.6. The molecule has 1 atom stereocenters. The Labute approximate surface area is 195 Å². The number of sulfonamides is 1. The lowest BCUT2D eigenvalue weighted by Gasteiger charge is -2.28. The molecule has 0 radical (unpaired) electrons. The van der Waals surface area contributed by atoms with Gasteiger partial charge in [-0.15, -0.1) is 0 Å². The first-order valence-electron chi connectivity index (χ1n) is 10.6. The Bertz CT molecular complexity index is 1230. The van der Waals surface area contributed by atoms with Crippen molar-refractivity contribution in [1.29, 1.82) is 0 Å². The number of hydrogen-bond donors (Lipinski definition) is 0. The molecular weight excluding hydrogens is 470 g/mol. The van der Waals surface area contributed by atoms with Crippen LogP contribution in [0.2, 0.25) is 0 Å². The molecular formula is C21H27N3O7S2. The highest BCUT2D eigenvalue weighted by atomic mass is 32.2.